The van der Waals surface area contributed by atoms with Gasteiger partial charge in [-0.2, -0.15) is 0 Å². The molecule has 0 aliphatic heterocycles. The van der Waals surface area contributed by atoms with Crippen LogP contribution in [0.4, 0.5) is 5.69 Å². The third-order valence-corrected chi connectivity index (χ3v) is 3.97. The van der Waals surface area contributed by atoms with E-state index in [2.05, 4.69) is 48.1 Å². The van der Waals surface area contributed by atoms with E-state index in [1.54, 1.807) is 0 Å². The first-order chi connectivity index (χ1) is 9.12. The Bertz CT molecular complexity index is 417. The molecule has 1 N–H and O–H groups in total. The summed E-state index contributed by atoms with van der Waals surface area (Å²) in [5.74, 6) is 0.293. The molecule has 0 spiro atoms. The number of nitrogens with one attached hydrogen (secondary N) is 1. The van der Waals surface area contributed by atoms with Crippen LogP contribution in [0.5, 0.6) is 0 Å². The van der Waals surface area contributed by atoms with Crippen molar-refractivity contribution in [3.63, 3.8) is 0 Å². The summed E-state index contributed by atoms with van der Waals surface area (Å²) in [6.45, 7) is 6.35. The second-order valence-electron chi connectivity index (χ2n) is 4.89. The molecule has 0 aliphatic rings. The summed E-state index contributed by atoms with van der Waals surface area (Å²) < 4.78 is 1.06. The number of hydrogen-bond acceptors (Lipinski definition) is 1. The summed E-state index contributed by atoms with van der Waals surface area (Å²) in [5.41, 5.74) is 2.12. The van der Waals surface area contributed by atoms with E-state index >= 15 is 0 Å². The predicted molar refractivity (Wildman–Crippen MR) is 85.5 cm³/mol. The maximum Gasteiger partial charge on any atom is 0.227 e. The number of benzene rings is 1. The molecule has 2 nitrogen and oxygen atoms in total. The van der Waals surface area contributed by atoms with Crippen molar-refractivity contribution in [1.82, 2.24) is 0 Å². The summed E-state index contributed by atoms with van der Waals surface area (Å²) >= 11 is 3.47. The molecule has 0 heterocycles. The van der Waals surface area contributed by atoms with Crippen molar-refractivity contribution in [2.75, 3.05) is 5.32 Å². The number of amides is 1. The van der Waals surface area contributed by atoms with E-state index in [1.165, 1.54) is 5.56 Å². The highest BCUT2D eigenvalue weighted by molar-refractivity contribution is 9.10. The van der Waals surface area contributed by atoms with Gasteiger partial charge >= 0.3 is 0 Å². The van der Waals surface area contributed by atoms with E-state index in [-0.39, 0.29) is 11.8 Å². The molecule has 106 valence electrons. The fourth-order valence-corrected chi connectivity index (χ4v) is 2.59. The molecule has 0 saturated carbocycles. The second-order valence-corrected chi connectivity index (χ2v) is 5.81. The average Bonchev–Trinajstić information content (AvgIpc) is 2.41. The summed E-state index contributed by atoms with van der Waals surface area (Å²) in [5, 5.41) is 3.09. The fourth-order valence-electron chi connectivity index (χ4n) is 2.18. The summed E-state index contributed by atoms with van der Waals surface area (Å²) in [6, 6.07) is 6.03. The lowest BCUT2D eigenvalue weighted by molar-refractivity contribution is -0.120. The van der Waals surface area contributed by atoms with Gasteiger partial charge in [0.2, 0.25) is 5.91 Å². The zero-order chi connectivity index (χ0) is 14.3. The molecule has 0 aromatic heterocycles. The molecule has 1 aromatic rings. The van der Waals surface area contributed by atoms with Crippen molar-refractivity contribution in [2.45, 2.75) is 52.9 Å². The molecule has 0 aliphatic carbocycles. The third kappa shape index (κ3) is 4.98. The highest BCUT2D eigenvalue weighted by atomic mass is 79.9. The molecule has 1 amide bonds. The number of halogens is 1. The molecule has 0 radical (unpaired) electrons. The molecular weight excluding hydrogens is 302 g/mol. The van der Waals surface area contributed by atoms with Gasteiger partial charge in [0.15, 0.2) is 0 Å². The van der Waals surface area contributed by atoms with Gasteiger partial charge < -0.3 is 5.32 Å². The summed E-state index contributed by atoms with van der Waals surface area (Å²) in [6.07, 6.45) is 5.07. The third-order valence-electron chi connectivity index (χ3n) is 3.48. The van der Waals surface area contributed by atoms with Gasteiger partial charge in [-0.3, -0.25) is 4.79 Å². The van der Waals surface area contributed by atoms with Gasteiger partial charge in [-0.05, 0) is 43.0 Å². The average molecular weight is 326 g/mol. The molecule has 1 unspecified atom stereocenters. The van der Waals surface area contributed by atoms with Crippen LogP contribution in [0.2, 0.25) is 0 Å². The molecule has 3 heteroatoms. The van der Waals surface area contributed by atoms with Crippen molar-refractivity contribution < 1.29 is 4.79 Å². The van der Waals surface area contributed by atoms with Crippen LogP contribution >= 0.6 is 15.9 Å². The highest BCUT2D eigenvalue weighted by Gasteiger charge is 2.16. The Morgan fingerprint density at radius 2 is 2.05 bits per heavy atom. The number of rotatable bonds is 7. The lowest BCUT2D eigenvalue weighted by Gasteiger charge is -2.16. The van der Waals surface area contributed by atoms with Crippen LogP contribution in [0.3, 0.4) is 0 Å². The molecule has 0 saturated heterocycles. The van der Waals surface area contributed by atoms with Crippen molar-refractivity contribution in [3.8, 4) is 0 Å². The van der Waals surface area contributed by atoms with E-state index in [9.17, 15) is 4.79 Å². The first kappa shape index (κ1) is 16.2. The molecule has 1 rings (SSSR count). The summed E-state index contributed by atoms with van der Waals surface area (Å²) in [4.78, 5) is 12.3. The van der Waals surface area contributed by atoms with Gasteiger partial charge in [0.1, 0.15) is 0 Å². The van der Waals surface area contributed by atoms with E-state index in [0.717, 1.165) is 42.3 Å². The lowest BCUT2D eigenvalue weighted by atomic mass is 9.98. The van der Waals surface area contributed by atoms with Crippen LogP contribution < -0.4 is 5.32 Å². The van der Waals surface area contributed by atoms with Crippen molar-refractivity contribution >= 4 is 27.5 Å². The molecule has 1 aromatic carbocycles. The van der Waals surface area contributed by atoms with Crippen LogP contribution in [-0.2, 0) is 11.2 Å². The second kappa shape index (κ2) is 8.36. The number of aryl methyl sites for hydroxylation is 1. The quantitative estimate of drug-likeness (QED) is 0.736. The molecular formula is C16H24BrNO. The van der Waals surface area contributed by atoms with Crippen molar-refractivity contribution in [3.05, 3.63) is 28.2 Å². The van der Waals surface area contributed by atoms with Crippen LogP contribution in [0, 0.1) is 5.92 Å². The smallest absolute Gasteiger partial charge is 0.227 e. The number of unbranched alkanes of at least 4 members (excludes halogenated alkanes) is 1. The van der Waals surface area contributed by atoms with Crippen molar-refractivity contribution in [1.29, 1.82) is 0 Å². The molecule has 0 fully saturated rings. The Hall–Kier alpha value is -0.830. The van der Waals surface area contributed by atoms with Gasteiger partial charge in [0.25, 0.3) is 0 Å². The van der Waals surface area contributed by atoms with Crippen LogP contribution in [0.15, 0.2) is 22.7 Å². The van der Waals surface area contributed by atoms with Gasteiger partial charge in [-0.25, -0.2) is 0 Å². The first-order valence-corrected chi connectivity index (χ1v) is 8.00. The zero-order valence-corrected chi connectivity index (χ0v) is 13.7. The maximum atomic E-state index is 12.3. The first-order valence-electron chi connectivity index (χ1n) is 7.21. The van der Waals surface area contributed by atoms with Gasteiger partial charge in [-0.1, -0.05) is 49.5 Å². The fraction of sp³-hybridized carbons (Fsp3) is 0.562. The molecule has 0 bridgehead atoms. The normalized spacial score (nSPS) is 12.2. The van der Waals surface area contributed by atoms with Gasteiger partial charge in [0.05, 0.1) is 0 Å². The topological polar surface area (TPSA) is 29.1 Å². The monoisotopic (exact) mass is 325 g/mol. The summed E-state index contributed by atoms with van der Waals surface area (Å²) in [7, 11) is 0. The lowest BCUT2D eigenvalue weighted by Crippen LogP contribution is -2.23. The minimum absolute atomic E-state index is 0.133. The Balaban J connectivity index is 2.74. The van der Waals surface area contributed by atoms with E-state index < -0.39 is 0 Å². The van der Waals surface area contributed by atoms with Crippen LogP contribution in [-0.4, -0.2) is 5.91 Å². The van der Waals surface area contributed by atoms with E-state index in [0.29, 0.717) is 0 Å². The highest BCUT2D eigenvalue weighted by Crippen LogP contribution is 2.23. The number of anilines is 1. The van der Waals surface area contributed by atoms with E-state index in [4.69, 9.17) is 0 Å². The zero-order valence-electron chi connectivity index (χ0n) is 12.1. The Morgan fingerprint density at radius 3 is 2.63 bits per heavy atom. The molecule has 19 heavy (non-hydrogen) atoms. The molecule has 1 atom stereocenters. The Morgan fingerprint density at radius 1 is 1.32 bits per heavy atom. The standard InChI is InChI=1S/C16H24BrNO/c1-4-7-8-12(5-2)16(19)18-15-10-9-14(17)11-13(15)6-3/h9-12H,4-8H2,1-3H3,(H,18,19). The maximum absolute atomic E-state index is 12.3. The van der Waals surface area contributed by atoms with Crippen LogP contribution in [0.1, 0.15) is 52.0 Å². The van der Waals surface area contributed by atoms with Gasteiger partial charge in [0, 0.05) is 16.1 Å². The van der Waals surface area contributed by atoms with Crippen molar-refractivity contribution in [2.24, 2.45) is 5.92 Å². The predicted octanol–water partition coefficient (Wildman–Crippen LogP) is 5.17. The number of carbonyl (C=O) groups is 1. The number of hydrogen-bond donors (Lipinski definition) is 1. The minimum Gasteiger partial charge on any atom is -0.326 e. The number of carbonyl (C=O) groups excluding carboxylic acids is 1. The Labute approximate surface area is 125 Å². The van der Waals surface area contributed by atoms with Crippen LogP contribution in [0.25, 0.3) is 0 Å². The van der Waals surface area contributed by atoms with E-state index in [1.807, 2.05) is 12.1 Å². The largest absolute Gasteiger partial charge is 0.326 e. The minimum atomic E-state index is 0.133. The Kier molecular flexibility index (Phi) is 7.14. The SMILES string of the molecule is CCCCC(CC)C(=O)Nc1ccc(Br)cc1CC. The van der Waals surface area contributed by atoms with Gasteiger partial charge in [-0.15, -0.1) is 0 Å².